The molecule has 0 saturated carbocycles. The Morgan fingerprint density at radius 1 is 1.69 bits per heavy atom. The first-order valence-corrected chi connectivity index (χ1v) is 5.52. The Morgan fingerprint density at radius 2 is 2.44 bits per heavy atom. The predicted octanol–water partition coefficient (Wildman–Crippen LogP) is 1.53. The van der Waals surface area contributed by atoms with Crippen LogP contribution in [0.2, 0.25) is 0 Å². The third-order valence-electron chi connectivity index (χ3n) is 1.96. The first-order chi connectivity index (χ1) is 7.56. The van der Waals surface area contributed by atoms with Crippen molar-refractivity contribution in [1.29, 1.82) is 0 Å². The number of hydrogen-bond acceptors (Lipinski definition) is 4. The summed E-state index contributed by atoms with van der Waals surface area (Å²) in [6.45, 7) is 1.98. The van der Waals surface area contributed by atoms with E-state index in [4.69, 9.17) is 9.63 Å². The van der Waals surface area contributed by atoms with Crippen LogP contribution in [-0.4, -0.2) is 25.8 Å². The van der Waals surface area contributed by atoms with Crippen LogP contribution in [0.5, 0.6) is 0 Å². The molecule has 16 heavy (non-hydrogen) atoms. The molecular weight excluding hydrogens is 325 g/mol. The maximum Gasteiger partial charge on any atom is 0.352 e. The number of halogens is 1. The minimum atomic E-state index is -0.969. The van der Waals surface area contributed by atoms with Gasteiger partial charge in [-0.25, -0.2) is 4.79 Å². The van der Waals surface area contributed by atoms with Gasteiger partial charge in [0.1, 0.15) is 5.69 Å². The largest absolute Gasteiger partial charge is 0.477 e. The van der Waals surface area contributed by atoms with E-state index < -0.39 is 5.97 Å². The number of aromatic carboxylic acids is 1. The fourth-order valence-electron chi connectivity index (χ4n) is 1.34. The minimum Gasteiger partial charge on any atom is -0.477 e. The number of aryl methyl sites for hydroxylation is 1. The Hall–Kier alpha value is -1.38. The van der Waals surface area contributed by atoms with E-state index in [0.29, 0.717) is 18.3 Å². The molecule has 0 aliphatic heterocycles. The summed E-state index contributed by atoms with van der Waals surface area (Å²) in [5.74, 6) is -0.0381. The van der Waals surface area contributed by atoms with Crippen LogP contribution in [0.4, 0.5) is 0 Å². The van der Waals surface area contributed by atoms with Crippen LogP contribution < -0.4 is 0 Å². The molecule has 2 aromatic rings. The van der Waals surface area contributed by atoms with Crippen LogP contribution in [0.3, 0.4) is 0 Å². The molecule has 0 radical (unpaired) electrons. The summed E-state index contributed by atoms with van der Waals surface area (Å²) in [4.78, 5) is 15.0. The lowest BCUT2D eigenvalue weighted by atomic mass is 10.4. The fraction of sp³-hybridized carbons (Fsp3) is 0.222. The van der Waals surface area contributed by atoms with Crippen LogP contribution >= 0.6 is 22.6 Å². The molecule has 0 fully saturated rings. The summed E-state index contributed by atoms with van der Waals surface area (Å²) >= 11 is 2.06. The lowest BCUT2D eigenvalue weighted by molar-refractivity contribution is 0.0685. The number of hydrogen-bond donors (Lipinski definition) is 1. The van der Waals surface area contributed by atoms with Gasteiger partial charge in [-0.05, 0) is 28.7 Å². The van der Waals surface area contributed by atoms with Gasteiger partial charge in [-0.15, -0.1) is 0 Å². The van der Waals surface area contributed by atoms with Crippen molar-refractivity contribution in [2.75, 3.05) is 0 Å². The molecule has 0 amide bonds. The van der Waals surface area contributed by atoms with Gasteiger partial charge < -0.3 is 14.2 Å². The summed E-state index contributed by atoms with van der Waals surface area (Å²) in [5, 5.41) is 12.7. The molecule has 84 valence electrons. The maximum absolute atomic E-state index is 10.9. The maximum atomic E-state index is 10.9. The van der Waals surface area contributed by atoms with Crippen molar-refractivity contribution in [1.82, 2.24) is 14.7 Å². The highest BCUT2D eigenvalue weighted by atomic mass is 127. The van der Waals surface area contributed by atoms with Crippen LogP contribution in [0.15, 0.2) is 16.8 Å². The molecule has 2 rings (SSSR count). The Morgan fingerprint density at radius 3 is 3.00 bits per heavy atom. The highest BCUT2D eigenvalue weighted by molar-refractivity contribution is 14.1. The van der Waals surface area contributed by atoms with Crippen molar-refractivity contribution in [3.05, 3.63) is 33.2 Å². The van der Waals surface area contributed by atoms with Crippen molar-refractivity contribution in [3.63, 3.8) is 0 Å². The Kier molecular flexibility index (Phi) is 2.95. The second kappa shape index (κ2) is 4.24. The molecule has 6 nitrogen and oxygen atoms in total. The summed E-state index contributed by atoms with van der Waals surface area (Å²) in [5.41, 5.74) is 0.215. The van der Waals surface area contributed by atoms with E-state index in [1.54, 1.807) is 23.8 Å². The Bertz CT molecular complexity index is 532. The third-order valence-corrected chi connectivity index (χ3v) is 2.55. The van der Waals surface area contributed by atoms with Gasteiger partial charge in [-0.2, -0.15) is 4.98 Å². The van der Waals surface area contributed by atoms with Crippen LogP contribution in [0.25, 0.3) is 0 Å². The Balaban J connectivity index is 2.30. The first kappa shape index (κ1) is 11.1. The van der Waals surface area contributed by atoms with Crippen molar-refractivity contribution in [2.45, 2.75) is 13.5 Å². The summed E-state index contributed by atoms with van der Waals surface area (Å²) in [6.07, 6.45) is 1.73. The van der Waals surface area contributed by atoms with Crippen LogP contribution in [0.1, 0.15) is 22.2 Å². The monoisotopic (exact) mass is 333 g/mol. The molecule has 0 spiro atoms. The molecule has 7 heteroatoms. The van der Waals surface area contributed by atoms with E-state index in [0.717, 1.165) is 3.57 Å². The second-order valence-electron chi connectivity index (χ2n) is 3.21. The highest BCUT2D eigenvalue weighted by Crippen LogP contribution is 2.12. The zero-order chi connectivity index (χ0) is 11.7. The van der Waals surface area contributed by atoms with Gasteiger partial charge in [-0.1, -0.05) is 5.16 Å². The Labute approximate surface area is 104 Å². The van der Waals surface area contributed by atoms with Crippen molar-refractivity contribution < 1.29 is 14.4 Å². The highest BCUT2D eigenvalue weighted by Gasteiger charge is 2.13. The minimum absolute atomic E-state index is 0.215. The van der Waals surface area contributed by atoms with Gasteiger partial charge in [0.25, 0.3) is 0 Å². The molecule has 0 aliphatic rings. The number of carbonyl (C=O) groups is 1. The average molecular weight is 333 g/mol. The molecule has 1 N–H and O–H groups in total. The summed E-state index contributed by atoms with van der Waals surface area (Å²) in [7, 11) is 0. The number of rotatable bonds is 3. The smallest absolute Gasteiger partial charge is 0.352 e. The van der Waals surface area contributed by atoms with Crippen LogP contribution in [0, 0.1) is 10.5 Å². The van der Waals surface area contributed by atoms with E-state index in [9.17, 15) is 4.79 Å². The zero-order valence-corrected chi connectivity index (χ0v) is 10.5. The molecule has 2 aromatic heterocycles. The summed E-state index contributed by atoms with van der Waals surface area (Å²) < 4.78 is 7.25. The van der Waals surface area contributed by atoms with Gasteiger partial charge in [-0.3, -0.25) is 0 Å². The van der Waals surface area contributed by atoms with Crippen molar-refractivity contribution in [3.8, 4) is 0 Å². The predicted molar refractivity (Wildman–Crippen MR) is 62.2 cm³/mol. The lowest BCUT2D eigenvalue weighted by Gasteiger charge is -2.01. The topological polar surface area (TPSA) is 81.2 Å². The quantitative estimate of drug-likeness (QED) is 0.862. The van der Waals surface area contributed by atoms with E-state index in [1.165, 1.54) is 0 Å². The normalized spacial score (nSPS) is 10.6. The van der Waals surface area contributed by atoms with Gasteiger partial charge in [0.2, 0.25) is 5.89 Å². The molecule has 0 atom stereocenters. The van der Waals surface area contributed by atoms with Crippen LogP contribution in [-0.2, 0) is 6.54 Å². The molecule has 2 heterocycles. The summed E-state index contributed by atoms with van der Waals surface area (Å²) in [6, 6.07) is 1.59. The third kappa shape index (κ3) is 2.23. The molecule has 0 saturated heterocycles. The number of aromatic nitrogens is 3. The zero-order valence-electron chi connectivity index (χ0n) is 8.35. The molecule has 0 aliphatic carbocycles. The first-order valence-electron chi connectivity index (χ1n) is 4.44. The standard InChI is InChI=1S/C9H8IN3O3/c1-5-11-8(12-16-5)4-13-3-6(10)2-7(13)9(14)15/h2-3H,4H2,1H3,(H,14,15). The molecular formula is C9H8IN3O3. The van der Waals surface area contributed by atoms with E-state index in [2.05, 4.69) is 32.7 Å². The van der Waals surface area contributed by atoms with Gasteiger partial charge >= 0.3 is 5.97 Å². The fourth-order valence-corrected chi connectivity index (χ4v) is 1.97. The number of carboxylic acids is 1. The van der Waals surface area contributed by atoms with Gasteiger partial charge in [0, 0.05) is 16.7 Å². The van der Waals surface area contributed by atoms with Gasteiger partial charge in [0.05, 0.1) is 6.54 Å². The van der Waals surface area contributed by atoms with E-state index in [-0.39, 0.29) is 5.69 Å². The van der Waals surface area contributed by atoms with Crippen molar-refractivity contribution >= 4 is 28.6 Å². The average Bonchev–Trinajstić information content (AvgIpc) is 2.74. The molecule has 0 unspecified atom stereocenters. The molecule has 0 aromatic carbocycles. The molecule has 0 bridgehead atoms. The van der Waals surface area contributed by atoms with Crippen molar-refractivity contribution in [2.24, 2.45) is 0 Å². The van der Waals surface area contributed by atoms with Gasteiger partial charge in [0.15, 0.2) is 5.82 Å². The van der Waals surface area contributed by atoms with E-state index >= 15 is 0 Å². The second-order valence-corrected chi connectivity index (χ2v) is 4.45. The lowest BCUT2D eigenvalue weighted by Crippen LogP contribution is -2.09. The SMILES string of the molecule is Cc1nc(Cn2cc(I)cc2C(=O)O)no1. The number of carboxylic acid groups (broad SMARTS) is 1. The van der Waals surface area contributed by atoms with E-state index in [1.807, 2.05) is 0 Å². The number of nitrogens with zero attached hydrogens (tertiary/aromatic N) is 3.